The van der Waals surface area contributed by atoms with Crippen molar-refractivity contribution in [3.8, 4) is 11.5 Å². The maximum Gasteiger partial charge on any atom is 0.248 e. The second-order valence-corrected chi connectivity index (χ2v) is 5.32. The van der Waals surface area contributed by atoms with Crippen LogP contribution in [0.1, 0.15) is 5.56 Å². The minimum Gasteiger partial charge on any atom is -0.497 e. The molecule has 0 atom stereocenters. The van der Waals surface area contributed by atoms with Crippen LogP contribution < -0.4 is 14.8 Å². The van der Waals surface area contributed by atoms with Crippen LogP contribution in [0.2, 0.25) is 10.0 Å². The minimum atomic E-state index is -0.327. The molecule has 0 heterocycles. The SMILES string of the molecule is COc1ccc(/C=C/C(=O)Nc2cccc(Cl)c2Cl)c(OC)c1. The topological polar surface area (TPSA) is 47.6 Å². The standard InChI is InChI=1S/C17H15Cl2NO3/c1-22-12-8-6-11(15(10-12)23-2)7-9-16(21)20-14-5-3-4-13(18)17(14)19/h3-10H,1-2H3,(H,20,21)/b9-7+. The highest BCUT2D eigenvalue weighted by Crippen LogP contribution is 2.29. The highest BCUT2D eigenvalue weighted by Gasteiger charge is 2.07. The number of hydrogen-bond acceptors (Lipinski definition) is 3. The number of methoxy groups -OCH3 is 2. The van der Waals surface area contributed by atoms with E-state index in [4.69, 9.17) is 32.7 Å². The van der Waals surface area contributed by atoms with E-state index >= 15 is 0 Å². The average molecular weight is 352 g/mol. The van der Waals surface area contributed by atoms with Crippen molar-refractivity contribution in [3.05, 3.63) is 58.1 Å². The molecule has 4 nitrogen and oxygen atoms in total. The summed E-state index contributed by atoms with van der Waals surface area (Å²) in [5.74, 6) is 0.954. The third kappa shape index (κ3) is 4.41. The molecule has 0 aliphatic heterocycles. The highest BCUT2D eigenvalue weighted by molar-refractivity contribution is 6.44. The molecule has 1 amide bonds. The lowest BCUT2D eigenvalue weighted by molar-refractivity contribution is -0.111. The van der Waals surface area contributed by atoms with E-state index in [9.17, 15) is 4.79 Å². The summed E-state index contributed by atoms with van der Waals surface area (Å²) in [4.78, 5) is 12.0. The van der Waals surface area contributed by atoms with Gasteiger partial charge in [0.05, 0.1) is 30.0 Å². The Morgan fingerprint density at radius 1 is 1.13 bits per heavy atom. The molecule has 0 aliphatic carbocycles. The monoisotopic (exact) mass is 351 g/mol. The molecule has 2 aromatic carbocycles. The second-order valence-electron chi connectivity index (χ2n) is 4.53. The maximum absolute atomic E-state index is 12.0. The molecule has 0 unspecified atom stereocenters. The summed E-state index contributed by atoms with van der Waals surface area (Å²) in [5.41, 5.74) is 1.20. The normalized spacial score (nSPS) is 10.6. The van der Waals surface area contributed by atoms with Gasteiger partial charge in [-0.1, -0.05) is 29.3 Å². The van der Waals surface area contributed by atoms with Gasteiger partial charge in [-0.3, -0.25) is 4.79 Å². The van der Waals surface area contributed by atoms with E-state index in [-0.39, 0.29) is 5.91 Å². The molecular weight excluding hydrogens is 337 g/mol. The number of rotatable bonds is 5. The number of carbonyl (C=O) groups excluding carboxylic acids is 1. The number of ether oxygens (including phenoxy) is 2. The third-order valence-electron chi connectivity index (χ3n) is 3.06. The molecule has 0 spiro atoms. The van der Waals surface area contributed by atoms with Crippen LogP contribution in [-0.4, -0.2) is 20.1 Å². The van der Waals surface area contributed by atoms with Crippen molar-refractivity contribution < 1.29 is 14.3 Å². The van der Waals surface area contributed by atoms with E-state index in [2.05, 4.69) is 5.32 Å². The van der Waals surface area contributed by atoms with Crippen molar-refractivity contribution in [3.63, 3.8) is 0 Å². The van der Waals surface area contributed by atoms with Crippen LogP contribution in [0.5, 0.6) is 11.5 Å². The predicted octanol–water partition coefficient (Wildman–Crippen LogP) is 4.66. The molecule has 0 saturated heterocycles. The maximum atomic E-state index is 12.0. The Balaban J connectivity index is 2.14. The Morgan fingerprint density at radius 3 is 2.61 bits per heavy atom. The molecule has 2 rings (SSSR count). The minimum absolute atomic E-state index is 0.304. The summed E-state index contributed by atoms with van der Waals surface area (Å²) in [5, 5.41) is 3.36. The zero-order valence-electron chi connectivity index (χ0n) is 12.6. The number of anilines is 1. The molecule has 1 N–H and O–H groups in total. The highest BCUT2D eigenvalue weighted by atomic mass is 35.5. The molecule has 0 saturated carbocycles. The molecule has 0 bridgehead atoms. The largest absolute Gasteiger partial charge is 0.497 e. The van der Waals surface area contributed by atoms with E-state index in [0.29, 0.717) is 27.2 Å². The Labute approximate surface area is 144 Å². The van der Waals surface area contributed by atoms with Crippen LogP contribution in [0.4, 0.5) is 5.69 Å². The average Bonchev–Trinajstić information content (AvgIpc) is 2.57. The lowest BCUT2D eigenvalue weighted by Crippen LogP contribution is -2.08. The summed E-state index contributed by atoms with van der Waals surface area (Å²) in [6.07, 6.45) is 3.04. The van der Waals surface area contributed by atoms with Gasteiger partial charge in [-0.25, -0.2) is 0 Å². The summed E-state index contributed by atoms with van der Waals surface area (Å²) in [6.45, 7) is 0. The zero-order valence-corrected chi connectivity index (χ0v) is 14.1. The molecule has 6 heteroatoms. The van der Waals surface area contributed by atoms with Crippen molar-refractivity contribution in [2.24, 2.45) is 0 Å². The number of hydrogen-bond donors (Lipinski definition) is 1. The van der Waals surface area contributed by atoms with Crippen molar-refractivity contribution in [2.45, 2.75) is 0 Å². The lowest BCUT2D eigenvalue weighted by Gasteiger charge is -2.08. The van der Waals surface area contributed by atoms with E-state index in [1.165, 1.54) is 6.08 Å². The molecule has 2 aromatic rings. The summed E-state index contributed by atoms with van der Waals surface area (Å²) in [6, 6.07) is 10.4. The van der Waals surface area contributed by atoms with Gasteiger partial charge in [-0.05, 0) is 30.3 Å². The van der Waals surface area contributed by atoms with Crippen molar-refractivity contribution in [1.82, 2.24) is 0 Å². The number of halogens is 2. The predicted molar refractivity (Wildman–Crippen MR) is 93.7 cm³/mol. The van der Waals surface area contributed by atoms with Crippen LogP contribution >= 0.6 is 23.2 Å². The fraction of sp³-hybridized carbons (Fsp3) is 0.118. The van der Waals surface area contributed by atoms with Gasteiger partial charge in [0, 0.05) is 17.7 Å². The van der Waals surface area contributed by atoms with Gasteiger partial charge in [0.15, 0.2) is 0 Å². The summed E-state index contributed by atoms with van der Waals surface area (Å²) in [7, 11) is 3.13. The Bertz CT molecular complexity index is 745. The zero-order chi connectivity index (χ0) is 16.8. The first-order valence-electron chi connectivity index (χ1n) is 6.70. The van der Waals surface area contributed by atoms with Crippen LogP contribution in [0.3, 0.4) is 0 Å². The number of amides is 1. The molecule has 0 radical (unpaired) electrons. The van der Waals surface area contributed by atoms with Gasteiger partial charge < -0.3 is 14.8 Å². The molecule has 23 heavy (non-hydrogen) atoms. The molecular formula is C17H15Cl2NO3. The van der Waals surface area contributed by atoms with E-state index in [1.807, 2.05) is 0 Å². The fourth-order valence-corrected chi connectivity index (χ4v) is 2.24. The quantitative estimate of drug-likeness (QED) is 0.796. The molecule has 0 aliphatic rings. The first kappa shape index (κ1) is 17.2. The van der Waals surface area contributed by atoms with Gasteiger partial charge >= 0.3 is 0 Å². The van der Waals surface area contributed by atoms with E-state index < -0.39 is 0 Å². The molecule has 0 aromatic heterocycles. The van der Waals surface area contributed by atoms with Gasteiger partial charge in [0.25, 0.3) is 0 Å². The van der Waals surface area contributed by atoms with E-state index in [0.717, 1.165) is 5.56 Å². The van der Waals surface area contributed by atoms with Gasteiger partial charge in [0.1, 0.15) is 11.5 Å². The summed E-state index contributed by atoms with van der Waals surface area (Å²) >= 11 is 11.9. The van der Waals surface area contributed by atoms with Crippen molar-refractivity contribution in [2.75, 3.05) is 19.5 Å². The first-order valence-corrected chi connectivity index (χ1v) is 7.46. The Hall–Kier alpha value is -2.17. The van der Waals surface area contributed by atoms with Crippen LogP contribution in [0.15, 0.2) is 42.5 Å². The molecule has 0 fully saturated rings. The van der Waals surface area contributed by atoms with E-state index in [1.54, 1.807) is 56.7 Å². The van der Waals surface area contributed by atoms with Gasteiger partial charge in [-0.15, -0.1) is 0 Å². The number of nitrogens with one attached hydrogen (secondary N) is 1. The van der Waals surface area contributed by atoms with Crippen molar-refractivity contribution in [1.29, 1.82) is 0 Å². The fourth-order valence-electron chi connectivity index (χ4n) is 1.90. The first-order chi connectivity index (χ1) is 11.0. The van der Waals surface area contributed by atoms with Gasteiger partial charge in [-0.2, -0.15) is 0 Å². The number of carbonyl (C=O) groups is 1. The lowest BCUT2D eigenvalue weighted by atomic mass is 10.1. The van der Waals surface area contributed by atoms with Crippen LogP contribution in [0.25, 0.3) is 6.08 Å². The molecule has 120 valence electrons. The van der Waals surface area contributed by atoms with Crippen molar-refractivity contribution >= 4 is 40.9 Å². The summed E-state index contributed by atoms with van der Waals surface area (Å²) < 4.78 is 10.4. The smallest absolute Gasteiger partial charge is 0.248 e. The van der Waals surface area contributed by atoms with Crippen LogP contribution in [-0.2, 0) is 4.79 Å². The third-order valence-corrected chi connectivity index (χ3v) is 3.88. The Morgan fingerprint density at radius 2 is 1.91 bits per heavy atom. The second kappa shape index (κ2) is 7.90. The Kier molecular flexibility index (Phi) is 5.90. The van der Waals surface area contributed by atoms with Gasteiger partial charge in [0.2, 0.25) is 5.91 Å². The van der Waals surface area contributed by atoms with Crippen LogP contribution in [0, 0.1) is 0 Å². The number of benzene rings is 2.